The third-order valence-electron chi connectivity index (χ3n) is 4.53. The highest BCUT2D eigenvalue weighted by Gasteiger charge is 2.55. The molecular formula is C13H22N2O3. The van der Waals surface area contributed by atoms with Crippen molar-refractivity contribution in [2.75, 3.05) is 46.5 Å². The number of carbonyl (C=O) groups excluding carboxylic acids is 1. The number of ether oxygens (including phenoxy) is 2. The number of hydrogen-bond donors (Lipinski definition) is 0. The van der Waals surface area contributed by atoms with Crippen molar-refractivity contribution in [2.24, 2.45) is 5.92 Å². The van der Waals surface area contributed by atoms with Gasteiger partial charge in [-0.2, -0.15) is 0 Å². The number of methoxy groups -OCH3 is 1. The molecule has 3 aliphatic rings. The molecule has 1 atom stereocenters. The molecule has 0 aliphatic carbocycles. The molecule has 3 rings (SSSR count). The number of hydrogen-bond acceptors (Lipinski definition) is 3. The van der Waals surface area contributed by atoms with Crippen molar-refractivity contribution in [3.63, 3.8) is 0 Å². The molecule has 18 heavy (non-hydrogen) atoms. The van der Waals surface area contributed by atoms with Gasteiger partial charge in [-0.15, -0.1) is 0 Å². The summed E-state index contributed by atoms with van der Waals surface area (Å²) in [5.74, 6) is 0.449. The summed E-state index contributed by atoms with van der Waals surface area (Å²) in [6.45, 7) is 4.88. The zero-order chi connectivity index (χ0) is 12.6. The molecule has 1 spiro atoms. The zero-order valence-electron chi connectivity index (χ0n) is 11.1. The van der Waals surface area contributed by atoms with Crippen LogP contribution in [0.1, 0.15) is 19.3 Å². The van der Waals surface area contributed by atoms with Crippen LogP contribution in [0.3, 0.4) is 0 Å². The van der Waals surface area contributed by atoms with E-state index >= 15 is 0 Å². The summed E-state index contributed by atoms with van der Waals surface area (Å²) in [5.41, 5.74) is -0.106. The first-order chi connectivity index (χ1) is 8.75. The van der Waals surface area contributed by atoms with Crippen molar-refractivity contribution in [3.05, 3.63) is 0 Å². The predicted molar refractivity (Wildman–Crippen MR) is 66.4 cm³/mol. The Morgan fingerprint density at radius 2 is 2.06 bits per heavy atom. The minimum Gasteiger partial charge on any atom is -0.384 e. The first-order valence-electron chi connectivity index (χ1n) is 6.92. The fraction of sp³-hybridized carbons (Fsp3) is 0.923. The van der Waals surface area contributed by atoms with Gasteiger partial charge in [0.05, 0.1) is 19.7 Å². The highest BCUT2D eigenvalue weighted by atomic mass is 16.5. The molecule has 0 unspecified atom stereocenters. The number of urea groups is 1. The summed E-state index contributed by atoms with van der Waals surface area (Å²) >= 11 is 0. The van der Waals surface area contributed by atoms with Crippen molar-refractivity contribution < 1.29 is 14.3 Å². The van der Waals surface area contributed by atoms with Crippen molar-refractivity contribution in [1.82, 2.24) is 9.80 Å². The molecule has 0 aromatic carbocycles. The standard InChI is InChI=1S/C13H22N2O3/c1-17-8-11-4-7-18-13(11)9-15(10-13)12(16)14-5-2-3-6-14/h11H,2-10H2,1H3/t11-/m0/s1. The van der Waals surface area contributed by atoms with Crippen LogP contribution in [0, 0.1) is 5.92 Å². The lowest BCUT2D eigenvalue weighted by molar-refractivity contribution is -0.126. The molecule has 0 aromatic rings. The summed E-state index contributed by atoms with van der Waals surface area (Å²) in [7, 11) is 1.73. The Hall–Kier alpha value is -0.810. The van der Waals surface area contributed by atoms with Gasteiger partial charge in [0.25, 0.3) is 0 Å². The average Bonchev–Trinajstić information content (AvgIpc) is 2.95. The zero-order valence-corrected chi connectivity index (χ0v) is 11.1. The van der Waals surface area contributed by atoms with Crippen molar-refractivity contribution in [2.45, 2.75) is 24.9 Å². The van der Waals surface area contributed by atoms with Crippen LogP contribution in [-0.2, 0) is 9.47 Å². The average molecular weight is 254 g/mol. The fourth-order valence-electron chi connectivity index (χ4n) is 3.41. The maximum absolute atomic E-state index is 12.2. The van der Waals surface area contributed by atoms with Crippen LogP contribution < -0.4 is 0 Å². The Labute approximate surface area is 108 Å². The molecule has 5 nitrogen and oxygen atoms in total. The molecule has 0 bridgehead atoms. The van der Waals surface area contributed by atoms with Gasteiger partial charge in [-0.25, -0.2) is 4.79 Å². The summed E-state index contributed by atoms with van der Waals surface area (Å²) in [4.78, 5) is 16.1. The quantitative estimate of drug-likeness (QED) is 0.736. The van der Waals surface area contributed by atoms with Crippen LogP contribution in [0.2, 0.25) is 0 Å². The van der Waals surface area contributed by atoms with Crippen LogP contribution in [0.5, 0.6) is 0 Å². The van der Waals surface area contributed by atoms with E-state index in [1.165, 1.54) is 0 Å². The lowest BCUT2D eigenvalue weighted by Crippen LogP contribution is -2.68. The van der Waals surface area contributed by atoms with Gasteiger partial charge in [0.2, 0.25) is 0 Å². The minimum atomic E-state index is -0.106. The third-order valence-corrected chi connectivity index (χ3v) is 4.53. The molecular weight excluding hydrogens is 232 g/mol. The molecule has 5 heteroatoms. The van der Waals surface area contributed by atoms with Crippen LogP contribution >= 0.6 is 0 Å². The Bertz CT molecular complexity index is 322. The van der Waals surface area contributed by atoms with Crippen molar-refractivity contribution >= 4 is 6.03 Å². The molecule has 3 aliphatic heterocycles. The second kappa shape index (κ2) is 4.70. The second-order valence-corrected chi connectivity index (χ2v) is 5.69. The van der Waals surface area contributed by atoms with E-state index in [0.29, 0.717) is 5.92 Å². The Balaban J connectivity index is 1.56. The van der Waals surface area contributed by atoms with Gasteiger partial charge < -0.3 is 19.3 Å². The highest BCUT2D eigenvalue weighted by Crippen LogP contribution is 2.40. The normalized spacial score (nSPS) is 29.9. The van der Waals surface area contributed by atoms with E-state index in [-0.39, 0.29) is 11.6 Å². The van der Waals surface area contributed by atoms with E-state index in [2.05, 4.69) is 0 Å². The molecule has 3 heterocycles. The SMILES string of the molecule is COC[C@@H]1CCOC12CN(C(=O)N1CCCC1)C2. The summed E-state index contributed by atoms with van der Waals surface area (Å²) < 4.78 is 11.2. The maximum Gasteiger partial charge on any atom is 0.320 e. The first-order valence-corrected chi connectivity index (χ1v) is 6.92. The van der Waals surface area contributed by atoms with Gasteiger partial charge in [0, 0.05) is 32.7 Å². The van der Waals surface area contributed by atoms with Gasteiger partial charge in [-0.3, -0.25) is 0 Å². The maximum atomic E-state index is 12.2. The minimum absolute atomic E-state index is 0.106. The number of nitrogens with zero attached hydrogens (tertiary/aromatic N) is 2. The van der Waals surface area contributed by atoms with Crippen LogP contribution in [0.25, 0.3) is 0 Å². The molecule has 0 N–H and O–H groups in total. The first kappa shape index (κ1) is 12.2. The summed E-state index contributed by atoms with van der Waals surface area (Å²) in [6.07, 6.45) is 3.35. The Morgan fingerprint density at radius 1 is 1.33 bits per heavy atom. The van der Waals surface area contributed by atoms with E-state index in [1.54, 1.807) is 7.11 Å². The molecule has 3 fully saturated rings. The topological polar surface area (TPSA) is 42.0 Å². The van der Waals surface area contributed by atoms with Crippen molar-refractivity contribution in [3.8, 4) is 0 Å². The van der Waals surface area contributed by atoms with E-state index in [1.807, 2.05) is 9.80 Å². The number of likely N-dealkylation sites (tertiary alicyclic amines) is 2. The summed E-state index contributed by atoms with van der Waals surface area (Å²) in [6, 6.07) is 0.199. The van der Waals surface area contributed by atoms with Crippen LogP contribution in [-0.4, -0.2) is 67.9 Å². The number of carbonyl (C=O) groups is 1. The molecule has 3 saturated heterocycles. The van der Waals surface area contributed by atoms with E-state index < -0.39 is 0 Å². The lowest BCUT2D eigenvalue weighted by atomic mass is 9.81. The lowest BCUT2D eigenvalue weighted by Gasteiger charge is -2.50. The van der Waals surface area contributed by atoms with Crippen LogP contribution in [0.4, 0.5) is 4.79 Å². The van der Waals surface area contributed by atoms with E-state index in [9.17, 15) is 4.79 Å². The van der Waals surface area contributed by atoms with E-state index in [0.717, 1.165) is 58.7 Å². The predicted octanol–water partition coefficient (Wildman–Crippen LogP) is 0.939. The Morgan fingerprint density at radius 3 is 2.72 bits per heavy atom. The van der Waals surface area contributed by atoms with Gasteiger partial charge in [-0.1, -0.05) is 0 Å². The second-order valence-electron chi connectivity index (χ2n) is 5.69. The molecule has 102 valence electrons. The summed E-state index contributed by atoms with van der Waals surface area (Å²) in [5, 5.41) is 0. The third kappa shape index (κ3) is 1.89. The Kier molecular flexibility index (Phi) is 3.20. The van der Waals surface area contributed by atoms with Gasteiger partial charge in [0.15, 0.2) is 0 Å². The smallest absolute Gasteiger partial charge is 0.320 e. The van der Waals surface area contributed by atoms with Crippen LogP contribution in [0.15, 0.2) is 0 Å². The fourth-order valence-corrected chi connectivity index (χ4v) is 3.41. The monoisotopic (exact) mass is 254 g/mol. The largest absolute Gasteiger partial charge is 0.384 e. The van der Waals surface area contributed by atoms with E-state index in [4.69, 9.17) is 9.47 Å². The number of rotatable bonds is 2. The van der Waals surface area contributed by atoms with Gasteiger partial charge >= 0.3 is 6.03 Å². The molecule has 0 aromatic heterocycles. The molecule has 2 amide bonds. The van der Waals surface area contributed by atoms with Gasteiger partial charge in [0.1, 0.15) is 5.60 Å². The molecule has 0 saturated carbocycles. The van der Waals surface area contributed by atoms with Gasteiger partial charge in [-0.05, 0) is 19.3 Å². The molecule has 0 radical (unpaired) electrons. The highest BCUT2D eigenvalue weighted by molar-refractivity contribution is 5.76. The number of amides is 2. The van der Waals surface area contributed by atoms with Crippen molar-refractivity contribution in [1.29, 1.82) is 0 Å².